The molecule has 0 aliphatic heterocycles. The first kappa shape index (κ1) is 17.2. The topological polar surface area (TPSA) is 53.7 Å². The van der Waals surface area contributed by atoms with Crippen LogP contribution in [-0.2, 0) is 15.9 Å². The molecule has 114 valence electrons. The molecule has 1 unspecified atom stereocenters. The van der Waals surface area contributed by atoms with E-state index in [1.165, 1.54) is 0 Å². The first-order chi connectivity index (χ1) is 9.65. The maximum absolute atomic E-state index is 6.19. The first-order valence-electron chi connectivity index (χ1n) is 6.87. The number of halogens is 1. The molecule has 0 radical (unpaired) electrons. The van der Waals surface area contributed by atoms with E-state index in [4.69, 9.17) is 31.5 Å². The largest absolute Gasteiger partial charge is 0.491 e. The van der Waals surface area contributed by atoms with Crippen molar-refractivity contribution in [1.82, 2.24) is 0 Å². The van der Waals surface area contributed by atoms with Crippen LogP contribution in [-0.4, -0.2) is 39.6 Å². The highest BCUT2D eigenvalue weighted by molar-refractivity contribution is 6.31. The van der Waals surface area contributed by atoms with E-state index in [0.717, 1.165) is 17.7 Å². The van der Waals surface area contributed by atoms with E-state index in [9.17, 15) is 0 Å². The third kappa shape index (κ3) is 6.57. The number of nitrogens with two attached hydrogens (primary N) is 1. The fourth-order valence-corrected chi connectivity index (χ4v) is 2.06. The van der Waals surface area contributed by atoms with Crippen molar-refractivity contribution in [2.45, 2.75) is 25.8 Å². The van der Waals surface area contributed by atoms with Crippen LogP contribution in [0.3, 0.4) is 0 Å². The van der Waals surface area contributed by atoms with Gasteiger partial charge in [0.1, 0.15) is 12.4 Å². The van der Waals surface area contributed by atoms with E-state index in [1.807, 2.05) is 25.1 Å². The predicted octanol–water partition coefficient (Wildman–Crippen LogP) is 2.66. The molecule has 0 fully saturated rings. The van der Waals surface area contributed by atoms with E-state index in [1.54, 1.807) is 7.11 Å². The Balaban J connectivity index is 2.37. The molecule has 5 heteroatoms. The van der Waals surface area contributed by atoms with Crippen LogP contribution in [0.25, 0.3) is 0 Å². The Hall–Kier alpha value is -0.810. The van der Waals surface area contributed by atoms with Gasteiger partial charge in [0.25, 0.3) is 0 Å². The van der Waals surface area contributed by atoms with Crippen LogP contribution >= 0.6 is 11.6 Å². The van der Waals surface area contributed by atoms with Gasteiger partial charge in [-0.2, -0.15) is 0 Å². The Morgan fingerprint density at radius 3 is 2.70 bits per heavy atom. The normalized spacial score (nSPS) is 12.4. The van der Waals surface area contributed by atoms with Crippen molar-refractivity contribution in [1.29, 1.82) is 0 Å². The molecule has 0 heterocycles. The quantitative estimate of drug-likeness (QED) is 0.675. The summed E-state index contributed by atoms with van der Waals surface area (Å²) in [4.78, 5) is 0. The van der Waals surface area contributed by atoms with Gasteiger partial charge in [0.15, 0.2) is 0 Å². The maximum Gasteiger partial charge on any atom is 0.124 e. The number of methoxy groups -OCH3 is 1. The second kappa shape index (κ2) is 10.00. The second-order valence-electron chi connectivity index (χ2n) is 4.71. The zero-order chi connectivity index (χ0) is 14.8. The summed E-state index contributed by atoms with van der Waals surface area (Å²) in [7, 11) is 1.68. The third-order valence-corrected chi connectivity index (χ3v) is 3.08. The molecule has 0 saturated carbocycles. The summed E-state index contributed by atoms with van der Waals surface area (Å²) in [5.74, 6) is 0.787. The molecule has 0 aliphatic carbocycles. The fraction of sp³-hybridized carbons (Fsp3) is 0.600. The van der Waals surface area contributed by atoms with Gasteiger partial charge in [0, 0.05) is 37.0 Å². The molecule has 2 N–H and O–H groups in total. The van der Waals surface area contributed by atoms with Gasteiger partial charge in [-0.05, 0) is 31.9 Å². The maximum atomic E-state index is 6.19. The van der Waals surface area contributed by atoms with Crippen LogP contribution in [0.15, 0.2) is 18.2 Å². The Kier molecular flexibility index (Phi) is 8.62. The van der Waals surface area contributed by atoms with Crippen molar-refractivity contribution in [2.24, 2.45) is 5.73 Å². The van der Waals surface area contributed by atoms with Crippen molar-refractivity contribution >= 4 is 11.6 Å². The number of hydrogen-bond acceptors (Lipinski definition) is 4. The summed E-state index contributed by atoms with van der Waals surface area (Å²) in [5.41, 5.74) is 6.80. The van der Waals surface area contributed by atoms with Gasteiger partial charge in [-0.1, -0.05) is 17.7 Å². The van der Waals surface area contributed by atoms with Gasteiger partial charge in [0.2, 0.25) is 0 Å². The van der Waals surface area contributed by atoms with Gasteiger partial charge < -0.3 is 19.9 Å². The van der Waals surface area contributed by atoms with E-state index in [0.29, 0.717) is 37.9 Å². The number of hydrogen-bond donors (Lipinski definition) is 1. The minimum absolute atomic E-state index is 0.0440. The molecule has 4 nitrogen and oxygen atoms in total. The smallest absolute Gasteiger partial charge is 0.124 e. The van der Waals surface area contributed by atoms with Crippen LogP contribution in [0, 0.1) is 0 Å². The predicted molar refractivity (Wildman–Crippen MR) is 81.6 cm³/mol. The molecule has 1 aromatic rings. The fourth-order valence-electron chi connectivity index (χ4n) is 1.81. The average molecular weight is 302 g/mol. The van der Waals surface area contributed by atoms with Crippen LogP contribution < -0.4 is 10.5 Å². The standard InChI is InChI=1S/C15H24ClNO3/c1-12(17)11-13-14(16)5-3-6-15(13)20-10-9-19-8-4-7-18-2/h3,5-6,12H,4,7-11,17H2,1-2H3. The zero-order valence-electron chi connectivity index (χ0n) is 12.2. The van der Waals surface area contributed by atoms with Crippen molar-refractivity contribution in [3.8, 4) is 5.75 Å². The summed E-state index contributed by atoms with van der Waals surface area (Å²) in [6.45, 7) is 4.40. The summed E-state index contributed by atoms with van der Waals surface area (Å²) in [5, 5.41) is 0.695. The summed E-state index contributed by atoms with van der Waals surface area (Å²) in [6.07, 6.45) is 1.59. The molecule has 1 aromatic carbocycles. The second-order valence-corrected chi connectivity index (χ2v) is 5.11. The van der Waals surface area contributed by atoms with Crippen LogP contribution in [0.1, 0.15) is 18.9 Å². The lowest BCUT2D eigenvalue weighted by Crippen LogP contribution is -2.19. The van der Waals surface area contributed by atoms with Gasteiger partial charge in [-0.15, -0.1) is 0 Å². The molecule has 0 aliphatic rings. The van der Waals surface area contributed by atoms with E-state index < -0.39 is 0 Å². The Morgan fingerprint density at radius 1 is 1.20 bits per heavy atom. The summed E-state index contributed by atoms with van der Waals surface area (Å²) >= 11 is 6.19. The molecular formula is C15H24ClNO3. The van der Waals surface area contributed by atoms with Crippen molar-refractivity contribution in [3.05, 3.63) is 28.8 Å². The lowest BCUT2D eigenvalue weighted by molar-refractivity contribution is 0.0804. The molecule has 0 spiro atoms. The molecule has 1 rings (SSSR count). The van der Waals surface area contributed by atoms with Crippen molar-refractivity contribution < 1.29 is 14.2 Å². The first-order valence-corrected chi connectivity index (χ1v) is 7.25. The minimum atomic E-state index is 0.0440. The SMILES string of the molecule is COCCCOCCOc1cccc(Cl)c1CC(C)N. The van der Waals surface area contributed by atoms with Crippen LogP contribution in [0.4, 0.5) is 0 Å². The third-order valence-electron chi connectivity index (χ3n) is 2.72. The Bertz CT molecular complexity index is 385. The molecule has 0 bridgehead atoms. The summed E-state index contributed by atoms with van der Waals surface area (Å²) in [6, 6.07) is 5.69. The Morgan fingerprint density at radius 2 is 2.00 bits per heavy atom. The van der Waals surface area contributed by atoms with Gasteiger partial charge >= 0.3 is 0 Å². The minimum Gasteiger partial charge on any atom is -0.491 e. The lowest BCUT2D eigenvalue weighted by Gasteiger charge is -2.14. The van der Waals surface area contributed by atoms with Gasteiger partial charge in [-0.3, -0.25) is 0 Å². The van der Waals surface area contributed by atoms with E-state index in [2.05, 4.69) is 0 Å². The molecule has 20 heavy (non-hydrogen) atoms. The monoisotopic (exact) mass is 301 g/mol. The molecule has 1 atom stereocenters. The zero-order valence-corrected chi connectivity index (χ0v) is 13.0. The van der Waals surface area contributed by atoms with Gasteiger partial charge in [0.05, 0.1) is 6.61 Å². The highest BCUT2D eigenvalue weighted by Crippen LogP contribution is 2.27. The van der Waals surface area contributed by atoms with Crippen molar-refractivity contribution in [2.75, 3.05) is 33.5 Å². The number of rotatable bonds is 10. The lowest BCUT2D eigenvalue weighted by atomic mass is 10.1. The molecule has 0 saturated heterocycles. The van der Waals surface area contributed by atoms with E-state index >= 15 is 0 Å². The van der Waals surface area contributed by atoms with Crippen LogP contribution in [0.5, 0.6) is 5.75 Å². The number of benzene rings is 1. The highest BCUT2D eigenvalue weighted by Gasteiger charge is 2.10. The highest BCUT2D eigenvalue weighted by atomic mass is 35.5. The molecular weight excluding hydrogens is 278 g/mol. The number of ether oxygens (including phenoxy) is 3. The van der Waals surface area contributed by atoms with Gasteiger partial charge in [-0.25, -0.2) is 0 Å². The van der Waals surface area contributed by atoms with E-state index in [-0.39, 0.29) is 6.04 Å². The average Bonchev–Trinajstić information content (AvgIpc) is 2.41. The summed E-state index contributed by atoms with van der Waals surface area (Å²) < 4.78 is 16.1. The molecule has 0 aromatic heterocycles. The Labute approximate surface area is 126 Å². The van der Waals surface area contributed by atoms with Crippen molar-refractivity contribution in [3.63, 3.8) is 0 Å². The molecule has 0 amide bonds. The van der Waals surface area contributed by atoms with Crippen LogP contribution in [0.2, 0.25) is 5.02 Å².